The molecule has 0 aromatic carbocycles. The second-order valence-corrected chi connectivity index (χ2v) is 8.80. The molecule has 2 saturated heterocycles. The molecule has 3 aliphatic heterocycles. The molecule has 34 heavy (non-hydrogen) atoms. The highest BCUT2D eigenvalue weighted by Gasteiger charge is 2.57. The minimum Gasteiger partial charge on any atom is -0.462 e. The van der Waals surface area contributed by atoms with Crippen molar-refractivity contribution in [3.63, 3.8) is 0 Å². The van der Waals surface area contributed by atoms with Gasteiger partial charge in [0.15, 0.2) is 24.3 Å². The summed E-state index contributed by atoms with van der Waals surface area (Å²) in [6.07, 6.45) is -3.21. The van der Waals surface area contributed by atoms with E-state index in [0.29, 0.717) is 0 Å². The van der Waals surface area contributed by atoms with E-state index in [9.17, 15) is 19.5 Å². The van der Waals surface area contributed by atoms with Crippen LogP contribution in [0.15, 0.2) is 17.3 Å². The Hall–Kier alpha value is -2.94. The number of nitrogens with one attached hydrogen (secondary N) is 1. The number of hydroxylamine groups is 1. The maximum atomic E-state index is 12.1. The van der Waals surface area contributed by atoms with Gasteiger partial charge in [-0.05, 0) is 17.9 Å². The van der Waals surface area contributed by atoms with Crippen LogP contribution in [0.2, 0.25) is 0 Å². The summed E-state index contributed by atoms with van der Waals surface area (Å²) in [5, 5.41) is 10.5. The van der Waals surface area contributed by atoms with E-state index < -0.39 is 61.1 Å². The number of carbonyl (C=O) groups is 3. The number of aliphatic hydroxyl groups is 1. The average Bonchev–Trinajstić information content (AvgIpc) is 3.32. The molecule has 0 aromatic rings. The van der Waals surface area contributed by atoms with Crippen molar-refractivity contribution in [2.24, 2.45) is 28.3 Å². The van der Waals surface area contributed by atoms with Gasteiger partial charge in [-0.1, -0.05) is 27.7 Å². The van der Waals surface area contributed by atoms with Crippen LogP contribution < -0.4 is 16.9 Å². The first-order valence-electron chi connectivity index (χ1n) is 10.9. The average molecular weight is 485 g/mol. The number of hydrogen-bond acceptors (Lipinski definition) is 14. The third-order valence-electron chi connectivity index (χ3n) is 5.60. The number of aliphatic imine (C=N–C) groups is 1. The quantitative estimate of drug-likeness (QED) is 0.188. The lowest BCUT2D eigenvalue weighted by Crippen LogP contribution is -2.48. The first-order valence-corrected chi connectivity index (χ1v) is 10.9. The maximum absolute atomic E-state index is 12.1. The molecule has 3 aliphatic rings. The Bertz CT molecular complexity index is 848. The minimum absolute atomic E-state index is 0.0513. The van der Waals surface area contributed by atoms with Crippen LogP contribution in [0, 0.1) is 11.8 Å². The predicted molar refractivity (Wildman–Crippen MR) is 114 cm³/mol. The van der Waals surface area contributed by atoms with Gasteiger partial charge >= 0.3 is 18.1 Å². The number of amidine groups is 1. The van der Waals surface area contributed by atoms with Crippen LogP contribution in [0.3, 0.4) is 0 Å². The smallest absolute Gasteiger partial charge is 0.462 e. The number of ether oxygens (including phenoxy) is 4. The lowest BCUT2D eigenvalue weighted by molar-refractivity contribution is -0.160. The molecule has 3 rings (SSSR count). The van der Waals surface area contributed by atoms with Crippen LogP contribution >= 0.6 is 0 Å². The number of nitrogens with zero attached hydrogens (tertiary/aromatic N) is 2. The number of fused-ring (bicyclic) bond motifs is 1. The van der Waals surface area contributed by atoms with E-state index in [-0.39, 0.29) is 24.3 Å². The topological polar surface area (TPSA) is 197 Å². The molecule has 0 saturated carbocycles. The summed E-state index contributed by atoms with van der Waals surface area (Å²) >= 11 is 0. The molecule has 0 spiro atoms. The number of rotatable bonds is 7. The van der Waals surface area contributed by atoms with Crippen LogP contribution in [-0.2, 0) is 33.4 Å². The van der Waals surface area contributed by atoms with E-state index in [1.165, 1.54) is 17.2 Å². The van der Waals surface area contributed by atoms with E-state index in [1.54, 1.807) is 27.7 Å². The van der Waals surface area contributed by atoms with E-state index in [2.05, 4.69) is 10.5 Å². The van der Waals surface area contributed by atoms with Gasteiger partial charge in [0.05, 0.1) is 0 Å². The fraction of sp³-hybridized carbons (Fsp3) is 0.700. The molecule has 0 aliphatic carbocycles. The first kappa shape index (κ1) is 25.7. The second kappa shape index (κ2) is 10.5. The van der Waals surface area contributed by atoms with Crippen molar-refractivity contribution in [1.29, 1.82) is 0 Å². The molecule has 2 fully saturated rings. The molecular weight excluding hydrogens is 454 g/mol. The molecule has 0 amide bonds. The summed E-state index contributed by atoms with van der Waals surface area (Å²) < 4.78 is 21.5. The van der Waals surface area contributed by atoms with Gasteiger partial charge in [-0.3, -0.25) is 4.79 Å². The third-order valence-corrected chi connectivity index (χ3v) is 5.60. The van der Waals surface area contributed by atoms with Gasteiger partial charge in [0.25, 0.3) is 0 Å². The summed E-state index contributed by atoms with van der Waals surface area (Å²) in [6.45, 7) is 6.87. The lowest BCUT2D eigenvalue weighted by Gasteiger charge is -2.33. The zero-order chi connectivity index (χ0) is 25.2. The molecule has 6 N–H and O–H groups in total. The first-order chi connectivity index (χ1) is 16.0. The highest BCUT2D eigenvalue weighted by molar-refractivity contribution is 5.93. The lowest BCUT2D eigenvalue weighted by atomic mass is 10.1. The Kier molecular flexibility index (Phi) is 7.97. The van der Waals surface area contributed by atoms with E-state index >= 15 is 0 Å². The summed E-state index contributed by atoms with van der Waals surface area (Å²) in [7, 11) is 0. The van der Waals surface area contributed by atoms with Crippen LogP contribution in [0.25, 0.3) is 0 Å². The van der Waals surface area contributed by atoms with E-state index in [1.807, 2.05) is 0 Å². The van der Waals surface area contributed by atoms with Gasteiger partial charge in [-0.15, -0.1) is 0 Å². The van der Waals surface area contributed by atoms with Gasteiger partial charge in [-0.2, -0.15) is 0 Å². The van der Waals surface area contributed by atoms with Crippen molar-refractivity contribution in [3.05, 3.63) is 12.3 Å². The zero-order valence-electron chi connectivity index (χ0n) is 19.3. The molecule has 3 heterocycles. The summed E-state index contributed by atoms with van der Waals surface area (Å²) in [5.41, 5.74) is 13.8. The van der Waals surface area contributed by atoms with Crippen molar-refractivity contribution in [1.82, 2.24) is 10.4 Å². The Labute approximate surface area is 196 Å². The second-order valence-electron chi connectivity index (χ2n) is 8.80. The molecule has 190 valence electrons. The van der Waals surface area contributed by atoms with Crippen LogP contribution in [-0.4, -0.2) is 83.5 Å². The third kappa shape index (κ3) is 5.58. The molecular formula is C20H31N5O9. The Morgan fingerprint density at radius 3 is 2.38 bits per heavy atom. The van der Waals surface area contributed by atoms with Crippen molar-refractivity contribution < 1.29 is 43.3 Å². The molecule has 14 nitrogen and oxygen atoms in total. The molecule has 14 heteroatoms. The number of aliphatic hydroxyl groups excluding tert-OH is 1. The van der Waals surface area contributed by atoms with Crippen molar-refractivity contribution in [3.8, 4) is 0 Å². The van der Waals surface area contributed by atoms with E-state index in [4.69, 9.17) is 35.3 Å². The summed E-state index contributed by atoms with van der Waals surface area (Å²) in [5.74, 6) is -1.50. The number of esters is 1. The predicted octanol–water partition coefficient (Wildman–Crippen LogP) is -1.32. The Morgan fingerprint density at radius 2 is 1.76 bits per heavy atom. The van der Waals surface area contributed by atoms with Gasteiger partial charge in [-0.25, -0.2) is 20.1 Å². The SMILES string of the molecule is CC(C)[C@@H](N)C(=O)OC[C@H]1O[C@@H](N2C=CC(NOC(=O)[C@H](N)C(C)C)=NC2O)[C@@H]2OC(=O)O[C@@H]21. The fourth-order valence-corrected chi connectivity index (χ4v) is 3.32. The van der Waals surface area contributed by atoms with Crippen molar-refractivity contribution in [2.45, 2.75) is 70.7 Å². The number of carbonyl (C=O) groups excluding carboxylic acids is 3. The summed E-state index contributed by atoms with van der Waals surface area (Å²) in [6, 6.07) is -1.64. The van der Waals surface area contributed by atoms with Gasteiger partial charge in [0.1, 0.15) is 24.8 Å². The molecule has 7 atom stereocenters. The van der Waals surface area contributed by atoms with Crippen molar-refractivity contribution >= 4 is 23.9 Å². The fourth-order valence-electron chi connectivity index (χ4n) is 3.32. The maximum Gasteiger partial charge on any atom is 0.509 e. The summed E-state index contributed by atoms with van der Waals surface area (Å²) in [4.78, 5) is 45.8. The molecule has 0 aromatic heterocycles. The van der Waals surface area contributed by atoms with E-state index in [0.717, 1.165) is 0 Å². The zero-order valence-corrected chi connectivity index (χ0v) is 19.3. The monoisotopic (exact) mass is 485 g/mol. The normalized spacial score (nSPS) is 29.8. The van der Waals surface area contributed by atoms with Crippen molar-refractivity contribution in [2.75, 3.05) is 6.61 Å². The van der Waals surface area contributed by atoms with Gasteiger partial charge < -0.3 is 45.3 Å². The largest absolute Gasteiger partial charge is 0.509 e. The number of nitrogens with two attached hydrogens (primary N) is 2. The highest BCUT2D eigenvalue weighted by atomic mass is 16.8. The van der Waals surface area contributed by atoms with Gasteiger partial charge in [0, 0.05) is 6.20 Å². The minimum atomic E-state index is -1.48. The Balaban J connectivity index is 1.61. The standard InChI is InChI=1S/C20H31N5O9/c1-8(2)12(21)17(26)30-7-10-14-15(33-20(29)32-14)16(31-10)25-6-5-11(23-19(25)28)24-34-18(27)13(22)9(3)4/h5-6,8-10,12-16,19,28H,7,21-22H2,1-4H3,(H,23,24)/t10-,12-,13-,14-,15-,16-,19?/m1/s1. The van der Waals surface area contributed by atoms with Crippen LogP contribution in [0.4, 0.5) is 4.79 Å². The molecule has 0 bridgehead atoms. The molecule has 1 unspecified atom stereocenters. The van der Waals surface area contributed by atoms with Crippen LogP contribution in [0.1, 0.15) is 27.7 Å². The number of hydrogen-bond donors (Lipinski definition) is 4. The van der Waals surface area contributed by atoms with Crippen LogP contribution in [0.5, 0.6) is 0 Å². The van der Waals surface area contributed by atoms with Gasteiger partial charge in [0.2, 0.25) is 6.35 Å². The highest BCUT2D eigenvalue weighted by Crippen LogP contribution is 2.35. The molecule has 0 radical (unpaired) electrons. The Morgan fingerprint density at radius 1 is 1.15 bits per heavy atom.